The van der Waals surface area contributed by atoms with E-state index in [4.69, 9.17) is 4.43 Å². The van der Waals surface area contributed by atoms with E-state index in [0.717, 1.165) is 10.4 Å². The van der Waals surface area contributed by atoms with Crippen molar-refractivity contribution in [1.29, 1.82) is 0 Å². The second-order valence-electron chi connectivity index (χ2n) is 9.35. The summed E-state index contributed by atoms with van der Waals surface area (Å²) in [5, 5.41) is 12.5. The molecule has 29 heavy (non-hydrogen) atoms. The van der Waals surface area contributed by atoms with Gasteiger partial charge in [-0.05, 0) is 28.3 Å². The molecule has 0 saturated heterocycles. The Morgan fingerprint density at radius 2 is 1.28 bits per heavy atom. The van der Waals surface area contributed by atoms with Crippen LogP contribution in [0.2, 0.25) is 5.04 Å². The SMILES string of the molecule is CC(C)[C@H](O)[C@H](C)C(=O)[C@H](C)O[Si](c1ccccc1)(c1ccccc1)C(C)(C)C. The van der Waals surface area contributed by atoms with Crippen molar-refractivity contribution in [3.05, 3.63) is 60.7 Å². The molecule has 158 valence electrons. The normalized spacial score (nSPS) is 15.8. The lowest BCUT2D eigenvalue weighted by atomic mass is 9.90. The highest BCUT2D eigenvalue weighted by molar-refractivity contribution is 6.99. The van der Waals surface area contributed by atoms with Gasteiger partial charge in [0, 0.05) is 5.92 Å². The van der Waals surface area contributed by atoms with Crippen LogP contribution in [0.3, 0.4) is 0 Å². The molecule has 1 N–H and O–H groups in total. The standard InChI is InChI=1S/C25H36O3Si/c1-18(2)23(26)19(3)24(27)20(4)28-29(25(5,6)7,21-14-10-8-11-15-21)22-16-12-9-13-17-22/h8-20,23,26H,1-7H3/t19-,20-,23-/m0/s1. The minimum Gasteiger partial charge on any atom is -0.398 e. The van der Waals surface area contributed by atoms with Gasteiger partial charge in [0.1, 0.15) is 6.10 Å². The van der Waals surface area contributed by atoms with E-state index in [1.807, 2.05) is 57.2 Å². The number of benzene rings is 2. The fourth-order valence-electron chi connectivity index (χ4n) is 4.13. The average molecular weight is 413 g/mol. The summed E-state index contributed by atoms with van der Waals surface area (Å²) in [5.74, 6) is -0.489. The largest absolute Gasteiger partial charge is 0.398 e. The van der Waals surface area contributed by atoms with E-state index in [0.29, 0.717) is 0 Å². The summed E-state index contributed by atoms with van der Waals surface area (Å²) in [4.78, 5) is 13.2. The molecule has 0 spiro atoms. The first-order chi connectivity index (χ1) is 13.5. The highest BCUT2D eigenvalue weighted by Crippen LogP contribution is 2.37. The molecule has 0 amide bonds. The third-order valence-corrected chi connectivity index (χ3v) is 10.9. The summed E-state index contributed by atoms with van der Waals surface area (Å²) < 4.78 is 6.87. The third-order valence-electron chi connectivity index (χ3n) is 5.82. The highest BCUT2D eigenvalue weighted by Gasteiger charge is 2.52. The van der Waals surface area contributed by atoms with Gasteiger partial charge in [0.15, 0.2) is 5.78 Å². The Kier molecular flexibility index (Phi) is 7.60. The Balaban J connectivity index is 2.55. The van der Waals surface area contributed by atoms with Crippen LogP contribution in [0.15, 0.2) is 60.7 Å². The van der Waals surface area contributed by atoms with E-state index in [-0.39, 0.29) is 16.7 Å². The minimum atomic E-state index is -2.79. The van der Waals surface area contributed by atoms with Gasteiger partial charge in [0.2, 0.25) is 0 Å². The molecule has 0 unspecified atom stereocenters. The molecule has 0 aliphatic heterocycles. The topological polar surface area (TPSA) is 46.5 Å². The quantitative estimate of drug-likeness (QED) is 0.662. The first kappa shape index (κ1) is 23.5. The van der Waals surface area contributed by atoms with Crippen molar-refractivity contribution in [2.24, 2.45) is 11.8 Å². The monoisotopic (exact) mass is 412 g/mol. The predicted molar refractivity (Wildman–Crippen MR) is 123 cm³/mol. The van der Waals surface area contributed by atoms with Gasteiger partial charge in [-0.3, -0.25) is 4.79 Å². The zero-order valence-corrected chi connectivity index (χ0v) is 19.8. The molecule has 0 aromatic heterocycles. The number of aliphatic hydroxyl groups excluding tert-OH is 1. The van der Waals surface area contributed by atoms with E-state index in [9.17, 15) is 9.90 Å². The molecule has 2 aromatic carbocycles. The summed E-state index contributed by atoms with van der Waals surface area (Å²) >= 11 is 0. The lowest BCUT2D eigenvalue weighted by molar-refractivity contribution is -0.133. The summed E-state index contributed by atoms with van der Waals surface area (Å²) in [7, 11) is -2.79. The molecular weight excluding hydrogens is 376 g/mol. The zero-order valence-electron chi connectivity index (χ0n) is 18.8. The fraction of sp³-hybridized carbons (Fsp3) is 0.480. The van der Waals surface area contributed by atoms with Crippen molar-refractivity contribution in [2.45, 2.75) is 65.7 Å². The molecule has 2 rings (SSSR count). The molecule has 0 heterocycles. The van der Waals surface area contributed by atoms with Crippen molar-refractivity contribution in [3.8, 4) is 0 Å². The van der Waals surface area contributed by atoms with Crippen LogP contribution in [0, 0.1) is 11.8 Å². The molecule has 4 heteroatoms. The van der Waals surface area contributed by atoms with Gasteiger partial charge in [-0.15, -0.1) is 0 Å². The molecule has 0 fully saturated rings. The van der Waals surface area contributed by atoms with Gasteiger partial charge in [-0.25, -0.2) is 0 Å². The molecular formula is C25H36O3Si. The van der Waals surface area contributed by atoms with Crippen molar-refractivity contribution < 1.29 is 14.3 Å². The van der Waals surface area contributed by atoms with E-state index < -0.39 is 26.4 Å². The van der Waals surface area contributed by atoms with Gasteiger partial charge in [-0.1, -0.05) is 102 Å². The molecule has 0 saturated carbocycles. The number of hydrogen-bond acceptors (Lipinski definition) is 3. The van der Waals surface area contributed by atoms with Crippen LogP contribution in [0.25, 0.3) is 0 Å². The van der Waals surface area contributed by atoms with Gasteiger partial charge >= 0.3 is 0 Å². The van der Waals surface area contributed by atoms with Crippen molar-refractivity contribution in [3.63, 3.8) is 0 Å². The molecule has 2 aromatic rings. The van der Waals surface area contributed by atoms with Crippen LogP contribution in [-0.2, 0) is 9.22 Å². The van der Waals surface area contributed by atoms with E-state index >= 15 is 0 Å². The van der Waals surface area contributed by atoms with Gasteiger partial charge in [-0.2, -0.15) is 0 Å². The smallest absolute Gasteiger partial charge is 0.262 e. The Hall–Kier alpha value is -1.75. The Bertz CT molecular complexity index is 741. The maximum atomic E-state index is 13.2. The molecule has 0 bridgehead atoms. The lowest BCUT2D eigenvalue weighted by Gasteiger charge is -2.44. The number of ketones is 1. The highest BCUT2D eigenvalue weighted by atomic mass is 28.4. The molecule has 3 nitrogen and oxygen atoms in total. The van der Waals surface area contributed by atoms with Gasteiger partial charge < -0.3 is 9.53 Å². The maximum absolute atomic E-state index is 13.2. The minimum absolute atomic E-state index is 0.0222. The maximum Gasteiger partial charge on any atom is 0.262 e. The second-order valence-corrected chi connectivity index (χ2v) is 13.6. The molecule has 0 aliphatic rings. The number of Topliss-reactive ketones (excluding diaryl/α,β-unsaturated/α-hetero) is 1. The van der Waals surface area contributed by atoms with Crippen LogP contribution in [0.4, 0.5) is 0 Å². The molecule has 0 aliphatic carbocycles. The number of carbonyl (C=O) groups is 1. The number of hydrogen-bond donors (Lipinski definition) is 1. The Labute approximate surface area is 177 Å². The summed E-state index contributed by atoms with van der Waals surface area (Å²) in [6.07, 6.45) is -1.28. The van der Waals surface area contributed by atoms with E-state index in [2.05, 4.69) is 45.0 Å². The van der Waals surface area contributed by atoms with Crippen LogP contribution in [-0.4, -0.2) is 31.4 Å². The molecule has 3 atom stereocenters. The van der Waals surface area contributed by atoms with Gasteiger partial charge in [0.05, 0.1) is 6.10 Å². The number of rotatable bonds is 8. The van der Waals surface area contributed by atoms with Crippen LogP contribution in [0.1, 0.15) is 48.5 Å². The predicted octanol–water partition coefficient (Wildman–Crippen LogP) is 4.17. The first-order valence-electron chi connectivity index (χ1n) is 10.5. The van der Waals surface area contributed by atoms with Crippen molar-refractivity contribution in [1.82, 2.24) is 0 Å². The fourth-order valence-corrected chi connectivity index (χ4v) is 8.79. The Morgan fingerprint density at radius 1 is 0.862 bits per heavy atom. The van der Waals surface area contributed by atoms with Crippen LogP contribution in [0.5, 0.6) is 0 Å². The third kappa shape index (κ3) is 4.88. The number of aliphatic hydroxyl groups is 1. The van der Waals surface area contributed by atoms with Crippen molar-refractivity contribution >= 4 is 24.5 Å². The van der Waals surface area contributed by atoms with Crippen LogP contribution < -0.4 is 10.4 Å². The van der Waals surface area contributed by atoms with Crippen LogP contribution >= 0.6 is 0 Å². The van der Waals surface area contributed by atoms with E-state index in [1.165, 1.54) is 0 Å². The number of carbonyl (C=O) groups excluding carboxylic acids is 1. The summed E-state index contributed by atoms with van der Waals surface area (Å²) in [5.41, 5.74) is 0. The lowest BCUT2D eigenvalue weighted by Crippen LogP contribution is -2.68. The van der Waals surface area contributed by atoms with Crippen molar-refractivity contribution in [2.75, 3.05) is 0 Å². The second kappa shape index (κ2) is 9.37. The molecule has 0 radical (unpaired) electrons. The Morgan fingerprint density at radius 3 is 1.62 bits per heavy atom. The van der Waals surface area contributed by atoms with E-state index in [1.54, 1.807) is 6.92 Å². The zero-order chi connectivity index (χ0) is 21.8. The first-order valence-corrected chi connectivity index (χ1v) is 12.4. The van der Waals surface area contributed by atoms with Gasteiger partial charge in [0.25, 0.3) is 8.32 Å². The summed E-state index contributed by atoms with van der Waals surface area (Å²) in [6.45, 7) is 14.1. The average Bonchev–Trinajstić information content (AvgIpc) is 2.70. The summed E-state index contributed by atoms with van der Waals surface area (Å²) in [6, 6.07) is 20.6.